The summed E-state index contributed by atoms with van der Waals surface area (Å²) in [6.07, 6.45) is 1.90. The summed E-state index contributed by atoms with van der Waals surface area (Å²) in [6.45, 7) is 12.3. The van der Waals surface area contributed by atoms with Gasteiger partial charge in [0, 0.05) is 43.4 Å². The average Bonchev–Trinajstić information content (AvgIpc) is 2.59. The Morgan fingerprint density at radius 3 is 2.30 bits per heavy atom. The summed E-state index contributed by atoms with van der Waals surface area (Å²) >= 11 is 0. The molecule has 20 heavy (non-hydrogen) atoms. The largest absolute Gasteiger partial charge is 0.368 e. The van der Waals surface area contributed by atoms with E-state index in [-0.39, 0.29) is 0 Å². The molecule has 0 aliphatic carbocycles. The molecule has 0 saturated carbocycles. The first-order chi connectivity index (χ1) is 9.95. The van der Waals surface area contributed by atoms with E-state index in [1.54, 1.807) is 0 Å². The Kier molecular flexibility index (Phi) is 7.66. The van der Waals surface area contributed by atoms with Crippen LogP contribution < -0.4 is 10.2 Å². The Hall–Kier alpha value is -1.61. The summed E-state index contributed by atoms with van der Waals surface area (Å²) in [7, 11) is 0. The standard InChI is InChI=1S/C13H15N3.2C2H6/c1-2-4-12-11(3-1)13(5-6-15-12)16-9-7-14-8-10-16;2*1-2/h1-6,14H,7-10H2;2*1-2H3. The van der Waals surface area contributed by atoms with Crippen LogP contribution >= 0.6 is 0 Å². The van der Waals surface area contributed by atoms with Crippen LogP contribution in [0.25, 0.3) is 10.9 Å². The molecule has 2 aromatic rings. The Morgan fingerprint density at radius 1 is 0.950 bits per heavy atom. The predicted molar refractivity (Wildman–Crippen MR) is 89.5 cm³/mol. The van der Waals surface area contributed by atoms with Gasteiger partial charge < -0.3 is 10.2 Å². The minimum Gasteiger partial charge on any atom is -0.368 e. The zero-order chi connectivity index (χ0) is 14.8. The molecule has 0 radical (unpaired) electrons. The van der Waals surface area contributed by atoms with Crippen LogP contribution in [-0.2, 0) is 0 Å². The number of hydrogen-bond donors (Lipinski definition) is 1. The van der Waals surface area contributed by atoms with E-state index in [0.29, 0.717) is 0 Å². The van der Waals surface area contributed by atoms with Crippen molar-refractivity contribution in [2.24, 2.45) is 0 Å². The lowest BCUT2D eigenvalue weighted by atomic mass is 10.1. The van der Waals surface area contributed by atoms with Gasteiger partial charge in [0.15, 0.2) is 0 Å². The van der Waals surface area contributed by atoms with E-state index in [1.165, 1.54) is 11.1 Å². The van der Waals surface area contributed by atoms with Crippen LogP contribution in [-0.4, -0.2) is 31.2 Å². The molecule has 3 heteroatoms. The van der Waals surface area contributed by atoms with Crippen LogP contribution in [0.15, 0.2) is 36.5 Å². The van der Waals surface area contributed by atoms with Crippen molar-refractivity contribution in [1.82, 2.24) is 10.3 Å². The lowest BCUT2D eigenvalue weighted by Crippen LogP contribution is -2.43. The van der Waals surface area contributed by atoms with Gasteiger partial charge in [0.25, 0.3) is 0 Å². The number of para-hydroxylation sites is 1. The zero-order valence-corrected chi connectivity index (χ0v) is 13.2. The molecular formula is C17H27N3. The van der Waals surface area contributed by atoms with E-state index in [4.69, 9.17) is 0 Å². The van der Waals surface area contributed by atoms with Crippen molar-refractivity contribution in [1.29, 1.82) is 0 Å². The maximum Gasteiger partial charge on any atom is 0.0722 e. The first kappa shape index (κ1) is 16.4. The number of nitrogens with one attached hydrogen (secondary N) is 1. The number of rotatable bonds is 1. The second-order valence-corrected chi connectivity index (χ2v) is 4.08. The van der Waals surface area contributed by atoms with Crippen LogP contribution in [0, 0.1) is 0 Å². The number of fused-ring (bicyclic) bond motifs is 1. The molecule has 2 heterocycles. The van der Waals surface area contributed by atoms with Crippen LogP contribution in [0.3, 0.4) is 0 Å². The van der Waals surface area contributed by atoms with Gasteiger partial charge in [0.1, 0.15) is 0 Å². The Bertz CT molecular complexity index is 485. The first-order valence-electron chi connectivity index (χ1n) is 7.74. The van der Waals surface area contributed by atoms with Gasteiger partial charge in [0.05, 0.1) is 5.52 Å². The normalized spacial score (nSPS) is 13.9. The van der Waals surface area contributed by atoms with E-state index in [1.807, 2.05) is 40.0 Å². The summed E-state index contributed by atoms with van der Waals surface area (Å²) in [5.74, 6) is 0. The van der Waals surface area contributed by atoms with Crippen molar-refractivity contribution < 1.29 is 0 Å². The molecule has 1 aliphatic heterocycles. The Balaban J connectivity index is 0.000000461. The molecule has 3 nitrogen and oxygen atoms in total. The van der Waals surface area contributed by atoms with Gasteiger partial charge in [-0.1, -0.05) is 45.9 Å². The maximum absolute atomic E-state index is 4.39. The molecule has 1 aromatic heterocycles. The molecule has 3 rings (SSSR count). The molecule has 0 atom stereocenters. The topological polar surface area (TPSA) is 28.2 Å². The van der Waals surface area contributed by atoms with Gasteiger partial charge in [-0.2, -0.15) is 0 Å². The zero-order valence-electron chi connectivity index (χ0n) is 13.2. The fourth-order valence-corrected chi connectivity index (χ4v) is 2.26. The first-order valence-corrected chi connectivity index (χ1v) is 7.74. The van der Waals surface area contributed by atoms with Crippen molar-refractivity contribution in [3.8, 4) is 0 Å². The van der Waals surface area contributed by atoms with Crippen molar-refractivity contribution in [3.05, 3.63) is 36.5 Å². The van der Waals surface area contributed by atoms with Crippen LogP contribution in [0.2, 0.25) is 0 Å². The Labute approximate surface area is 123 Å². The highest BCUT2D eigenvalue weighted by Gasteiger charge is 2.12. The fourth-order valence-electron chi connectivity index (χ4n) is 2.26. The van der Waals surface area contributed by atoms with E-state index in [2.05, 4.69) is 39.5 Å². The second-order valence-electron chi connectivity index (χ2n) is 4.08. The third-order valence-corrected chi connectivity index (χ3v) is 3.08. The number of pyridine rings is 1. The molecule has 1 saturated heterocycles. The highest BCUT2D eigenvalue weighted by Crippen LogP contribution is 2.24. The number of piperazine rings is 1. The van der Waals surface area contributed by atoms with Crippen molar-refractivity contribution in [2.45, 2.75) is 27.7 Å². The van der Waals surface area contributed by atoms with E-state index < -0.39 is 0 Å². The molecule has 1 N–H and O–H groups in total. The Morgan fingerprint density at radius 2 is 1.60 bits per heavy atom. The van der Waals surface area contributed by atoms with Crippen LogP contribution in [0.4, 0.5) is 5.69 Å². The van der Waals surface area contributed by atoms with Gasteiger partial charge in [-0.05, 0) is 12.1 Å². The van der Waals surface area contributed by atoms with E-state index in [0.717, 1.165) is 31.7 Å². The molecule has 0 bridgehead atoms. The summed E-state index contributed by atoms with van der Waals surface area (Å²) in [5, 5.41) is 4.63. The second kappa shape index (κ2) is 9.32. The van der Waals surface area contributed by atoms with E-state index >= 15 is 0 Å². The van der Waals surface area contributed by atoms with Crippen molar-refractivity contribution in [3.63, 3.8) is 0 Å². The number of anilines is 1. The monoisotopic (exact) mass is 273 g/mol. The van der Waals surface area contributed by atoms with Crippen LogP contribution in [0.1, 0.15) is 27.7 Å². The van der Waals surface area contributed by atoms with Gasteiger partial charge >= 0.3 is 0 Å². The van der Waals surface area contributed by atoms with Crippen LogP contribution in [0.5, 0.6) is 0 Å². The molecule has 110 valence electrons. The molecule has 0 amide bonds. The fraction of sp³-hybridized carbons (Fsp3) is 0.471. The quantitative estimate of drug-likeness (QED) is 0.858. The molecule has 0 spiro atoms. The summed E-state index contributed by atoms with van der Waals surface area (Å²) in [5.41, 5.74) is 2.39. The summed E-state index contributed by atoms with van der Waals surface area (Å²) < 4.78 is 0. The molecule has 1 fully saturated rings. The molecule has 1 aromatic carbocycles. The summed E-state index contributed by atoms with van der Waals surface area (Å²) in [6, 6.07) is 10.5. The highest BCUT2D eigenvalue weighted by atomic mass is 15.2. The molecular weight excluding hydrogens is 246 g/mol. The lowest BCUT2D eigenvalue weighted by Gasteiger charge is -2.30. The number of nitrogens with zero attached hydrogens (tertiary/aromatic N) is 2. The number of aromatic nitrogens is 1. The van der Waals surface area contributed by atoms with Crippen molar-refractivity contribution >= 4 is 16.6 Å². The third-order valence-electron chi connectivity index (χ3n) is 3.08. The minimum atomic E-state index is 1.07. The molecule has 1 aliphatic rings. The lowest BCUT2D eigenvalue weighted by molar-refractivity contribution is 0.590. The number of hydrogen-bond acceptors (Lipinski definition) is 3. The van der Waals surface area contributed by atoms with Gasteiger partial charge in [0.2, 0.25) is 0 Å². The highest BCUT2D eigenvalue weighted by molar-refractivity contribution is 5.91. The predicted octanol–water partition coefficient (Wildman–Crippen LogP) is 3.70. The third kappa shape index (κ3) is 3.94. The minimum absolute atomic E-state index is 1.07. The number of benzene rings is 1. The van der Waals surface area contributed by atoms with Gasteiger partial charge in [-0.3, -0.25) is 4.98 Å². The van der Waals surface area contributed by atoms with Gasteiger partial charge in [-0.15, -0.1) is 0 Å². The van der Waals surface area contributed by atoms with E-state index in [9.17, 15) is 0 Å². The SMILES string of the molecule is CC.CC.c1ccc2c(N3CCNCC3)ccnc2c1. The smallest absolute Gasteiger partial charge is 0.0722 e. The summed E-state index contributed by atoms with van der Waals surface area (Å²) in [4.78, 5) is 6.83. The van der Waals surface area contributed by atoms with Gasteiger partial charge in [-0.25, -0.2) is 0 Å². The maximum atomic E-state index is 4.39. The average molecular weight is 273 g/mol. The molecule has 0 unspecified atom stereocenters. The van der Waals surface area contributed by atoms with Crippen molar-refractivity contribution in [2.75, 3.05) is 31.1 Å².